The highest BCUT2D eigenvalue weighted by Gasteiger charge is 2.26. The lowest BCUT2D eigenvalue weighted by Gasteiger charge is -2.19. The maximum atomic E-state index is 12.7. The Balaban J connectivity index is 1.54. The molecule has 12 bridgehead atoms. The maximum absolute atomic E-state index is 12.7. The molecule has 1 aliphatic carbocycles. The molecule has 18 heteroatoms. The van der Waals surface area contributed by atoms with Crippen LogP contribution in [0.5, 0.6) is 34.5 Å². The van der Waals surface area contributed by atoms with Crippen molar-refractivity contribution < 1.29 is 59.4 Å². The highest BCUT2D eigenvalue weighted by Crippen LogP contribution is 2.41. The molecule has 0 aromatic heterocycles. The van der Waals surface area contributed by atoms with E-state index in [-0.39, 0.29) is 139 Å². The summed E-state index contributed by atoms with van der Waals surface area (Å²) in [5.74, 6) is -2.69. The Bertz CT molecular complexity index is 2460. The number of aromatic hydroxyl groups is 6. The van der Waals surface area contributed by atoms with Crippen molar-refractivity contribution in [3.63, 3.8) is 0 Å². The lowest BCUT2D eigenvalue weighted by molar-refractivity contribution is 0.107. The first kappa shape index (κ1) is 47.8. The summed E-state index contributed by atoms with van der Waals surface area (Å²) in [6.07, 6.45) is -2.27. The quantitative estimate of drug-likeness (QED) is 0.0857. The SMILES string of the molecule is O=C(Cl)c1cc2c(O)c(c1)Cc1cc(C(=O)Cl)cc(c1O)Cc1cc(C(=O)Cl)cc(c1O)Cc1cc(C(=O)Cl)cc(c1O)Cc1cc(C(=O)Cl)cc(c1O)Cc1cc(C(=O)Cl)cc(c1O)C2. The van der Waals surface area contributed by atoms with Crippen LogP contribution in [0.15, 0.2) is 72.8 Å². The lowest BCUT2D eigenvalue weighted by atomic mass is 9.88. The first-order valence-electron chi connectivity index (χ1n) is 19.4. The summed E-state index contributed by atoms with van der Waals surface area (Å²) in [6, 6.07) is 14.9. The predicted molar refractivity (Wildman–Crippen MR) is 247 cm³/mol. The van der Waals surface area contributed by atoms with Gasteiger partial charge in [-0.25, -0.2) is 0 Å². The van der Waals surface area contributed by atoms with Crippen LogP contribution in [0.3, 0.4) is 0 Å². The van der Waals surface area contributed by atoms with E-state index in [2.05, 4.69) is 0 Å². The molecular weight excluding hydrogens is 981 g/mol. The minimum atomic E-state index is -0.959. The van der Waals surface area contributed by atoms with Gasteiger partial charge in [0.15, 0.2) is 0 Å². The second kappa shape index (κ2) is 19.0. The van der Waals surface area contributed by atoms with E-state index < -0.39 is 66.0 Å². The fourth-order valence-corrected chi connectivity index (χ4v) is 8.74. The van der Waals surface area contributed by atoms with Gasteiger partial charge in [-0.15, -0.1) is 0 Å². The minimum absolute atomic E-state index is 0.00706. The van der Waals surface area contributed by atoms with E-state index in [0.29, 0.717) is 0 Å². The predicted octanol–water partition coefficient (Wildman–Crippen LogP) is 10.1. The standard InChI is InChI=1S/C48H30Cl6O12/c49-43(61)31-7-19-1-20-8-32(44(50)62)10-22(38(20)56)3-24-12-34(46(52)64)14-26(40(24)58)5-28-16-36(48(54)66)18-30(42(28)60)6-29-17-35(47(53)65)15-27(41(29)59)4-25-13-33(45(51)63)11-23(39(25)57)2-21(9-31)37(19)55/h7-18,55-60H,1-6H2. The Hall–Kier alpha value is -6.12. The van der Waals surface area contributed by atoms with Crippen molar-refractivity contribution in [2.24, 2.45) is 0 Å². The van der Waals surface area contributed by atoms with E-state index in [1.165, 1.54) is 72.8 Å². The fourth-order valence-electron chi connectivity index (χ4n) is 8.09. The number of rotatable bonds is 6. The number of carbonyl (C=O) groups excluding carboxylic acids is 6. The zero-order valence-corrected chi connectivity index (χ0v) is 38.1. The number of phenols is 6. The summed E-state index contributed by atoms with van der Waals surface area (Å²) in [4.78, 5) is 76.1. The zero-order chi connectivity index (χ0) is 48.0. The number of fused-ring (bicyclic) bond motifs is 12. The lowest BCUT2D eigenvalue weighted by Crippen LogP contribution is -2.06. The smallest absolute Gasteiger partial charge is 0.252 e. The molecule has 0 spiro atoms. The first-order valence-corrected chi connectivity index (χ1v) is 21.6. The molecule has 7 rings (SSSR count). The second-order valence-corrected chi connectivity index (χ2v) is 17.6. The zero-order valence-electron chi connectivity index (χ0n) is 33.6. The van der Waals surface area contributed by atoms with Crippen LogP contribution in [0.1, 0.15) is 129 Å². The Kier molecular flexibility index (Phi) is 13.8. The number of benzene rings is 6. The van der Waals surface area contributed by atoms with Crippen molar-refractivity contribution in [1.29, 1.82) is 0 Å². The minimum Gasteiger partial charge on any atom is -0.507 e. The third-order valence-electron chi connectivity index (χ3n) is 11.3. The molecule has 6 N–H and O–H groups in total. The van der Waals surface area contributed by atoms with Crippen molar-refractivity contribution in [3.05, 3.63) is 173 Å². The second-order valence-electron chi connectivity index (χ2n) is 15.6. The van der Waals surface area contributed by atoms with Gasteiger partial charge in [0.05, 0.1) is 0 Å². The molecule has 6 aromatic carbocycles. The van der Waals surface area contributed by atoms with Crippen LogP contribution < -0.4 is 0 Å². The van der Waals surface area contributed by atoms with E-state index in [1.54, 1.807) is 0 Å². The Morgan fingerprint density at radius 2 is 0.333 bits per heavy atom. The van der Waals surface area contributed by atoms with Gasteiger partial charge in [0, 0.05) is 71.9 Å². The molecule has 336 valence electrons. The molecule has 0 amide bonds. The van der Waals surface area contributed by atoms with Crippen molar-refractivity contribution in [2.45, 2.75) is 38.5 Å². The van der Waals surface area contributed by atoms with Crippen LogP contribution in [-0.2, 0) is 38.5 Å². The Morgan fingerprint density at radius 1 is 0.242 bits per heavy atom. The van der Waals surface area contributed by atoms with Gasteiger partial charge in [-0.3, -0.25) is 28.8 Å². The van der Waals surface area contributed by atoms with E-state index in [9.17, 15) is 59.4 Å². The van der Waals surface area contributed by atoms with Gasteiger partial charge < -0.3 is 30.6 Å². The molecular formula is C48H30Cl6O12. The number of hydrogen-bond acceptors (Lipinski definition) is 12. The normalized spacial score (nSPS) is 12.5. The van der Waals surface area contributed by atoms with Gasteiger partial charge in [-0.2, -0.15) is 0 Å². The van der Waals surface area contributed by atoms with Crippen molar-refractivity contribution >= 4 is 101 Å². The van der Waals surface area contributed by atoms with Crippen molar-refractivity contribution in [2.75, 3.05) is 0 Å². The van der Waals surface area contributed by atoms with E-state index in [0.717, 1.165) is 0 Å². The largest absolute Gasteiger partial charge is 0.507 e. The summed E-state index contributed by atoms with van der Waals surface area (Å²) < 4.78 is 0. The molecule has 0 fully saturated rings. The topological polar surface area (TPSA) is 224 Å². The molecule has 66 heavy (non-hydrogen) atoms. The van der Waals surface area contributed by atoms with E-state index in [4.69, 9.17) is 69.6 Å². The molecule has 0 saturated heterocycles. The molecule has 0 aliphatic heterocycles. The Labute approximate surface area is 404 Å². The molecule has 1 aliphatic rings. The van der Waals surface area contributed by atoms with E-state index in [1.807, 2.05) is 0 Å². The summed E-state index contributed by atoms with van der Waals surface area (Å²) in [5.41, 5.74) is -0.874. The fraction of sp³-hybridized carbons (Fsp3) is 0.125. The first-order chi connectivity index (χ1) is 31.1. The van der Waals surface area contributed by atoms with E-state index >= 15 is 0 Å². The average Bonchev–Trinajstić information content (AvgIpc) is 3.24. The van der Waals surface area contributed by atoms with Crippen LogP contribution in [0.2, 0.25) is 0 Å². The monoisotopic (exact) mass is 1010 g/mol. The van der Waals surface area contributed by atoms with Crippen LogP contribution in [0.4, 0.5) is 0 Å². The van der Waals surface area contributed by atoms with Gasteiger partial charge in [-0.05, 0) is 209 Å². The van der Waals surface area contributed by atoms with Crippen LogP contribution in [0, 0.1) is 0 Å². The average molecular weight is 1010 g/mol. The van der Waals surface area contributed by atoms with Gasteiger partial charge in [0.25, 0.3) is 31.5 Å². The summed E-state index contributed by atoms with van der Waals surface area (Å²) in [7, 11) is 0. The van der Waals surface area contributed by atoms with Gasteiger partial charge >= 0.3 is 0 Å². The number of hydrogen-bond donors (Lipinski definition) is 6. The molecule has 0 saturated carbocycles. The summed E-state index contributed by atoms with van der Waals surface area (Å²) in [5, 5.41) is 64.8. The number of phenolic OH excluding ortho intramolecular Hbond substituents is 6. The number of halogens is 6. The summed E-state index contributed by atoms with van der Waals surface area (Å²) in [6.45, 7) is 0. The van der Waals surface area contributed by atoms with Gasteiger partial charge in [0.1, 0.15) is 34.5 Å². The highest BCUT2D eigenvalue weighted by atomic mass is 35.5. The molecule has 6 aromatic rings. The molecule has 0 atom stereocenters. The molecule has 0 heterocycles. The van der Waals surface area contributed by atoms with Crippen LogP contribution in [-0.4, -0.2) is 62.1 Å². The van der Waals surface area contributed by atoms with Crippen LogP contribution >= 0.6 is 69.6 Å². The van der Waals surface area contributed by atoms with Crippen LogP contribution in [0.25, 0.3) is 0 Å². The van der Waals surface area contributed by atoms with Crippen molar-refractivity contribution in [1.82, 2.24) is 0 Å². The van der Waals surface area contributed by atoms with Gasteiger partial charge in [-0.1, -0.05) is 0 Å². The third kappa shape index (κ3) is 9.85. The molecule has 12 nitrogen and oxygen atoms in total. The number of carbonyl (C=O) groups is 6. The van der Waals surface area contributed by atoms with Crippen molar-refractivity contribution in [3.8, 4) is 34.5 Å². The molecule has 0 radical (unpaired) electrons. The summed E-state index contributed by atoms with van der Waals surface area (Å²) >= 11 is 35.7. The van der Waals surface area contributed by atoms with Gasteiger partial charge in [0.2, 0.25) is 0 Å². The Morgan fingerprint density at radius 3 is 0.409 bits per heavy atom. The highest BCUT2D eigenvalue weighted by molar-refractivity contribution is 6.69. The molecule has 0 unspecified atom stereocenters. The maximum Gasteiger partial charge on any atom is 0.252 e. The third-order valence-corrected chi connectivity index (χ3v) is 12.6.